The topological polar surface area (TPSA) is 132 Å². The van der Waals surface area contributed by atoms with Gasteiger partial charge < -0.3 is 26.0 Å². The first-order valence-electron chi connectivity index (χ1n) is 7.71. The molecule has 3 rings (SSSR count). The molecule has 1 aromatic heterocycles. The molecule has 1 aromatic rings. The van der Waals surface area contributed by atoms with Crippen molar-refractivity contribution in [3.05, 3.63) is 17.8 Å². The first-order valence-corrected chi connectivity index (χ1v) is 8.70. The zero-order valence-electron chi connectivity index (χ0n) is 13.1. The number of anilines is 1. The van der Waals surface area contributed by atoms with Crippen LogP contribution in [0.4, 0.5) is 10.6 Å². The highest BCUT2D eigenvalue weighted by molar-refractivity contribution is 8.00. The van der Waals surface area contributed by atoms with Crippen LogP contribution in [0.1, 0.15) is 31.4 Å². The van der Waals surface area contributed by atoms with Crippen LogP contribution in [0.15, 0.2) is 17.0 Å². The quantitative estimate of drug-likeness (QED) is 0.554. The fraction of sp³-hybridized carbons (Fsp3) is 0.533. The number of pyridine rings is 1. The lowest BCUT2D eigenvalue weighted by molar-refractivity contribution is -0.113. The van der Waals surface area contributed by atoms with Crippen LogP contribution in [0.5, 0.6) is 0 Å². The highest BCUT2D eigenvalue weighted by Crippen LogP contribution is 2.29. The Hall–Kier alpha value is -1.84. The number of nitrogens with zero attached hydrogens (tertiary/aromatic N) is 1. The minimum atomic E-state index is -1.83. The third-order valence-electron chi connectivity index (χ3n) is 3.81. The minimum Gasteiger partial charge on any atom is -0.450 e. The molecule has 2 heterocycles. The fourth-order valence-electron chi connectivity index (χ4n) is 2.69. The summed E-state index contributed by atoms with van der Waals surface area (Å²) < 4.78 is 0. The summed E-state index contributed by atoms with van der Waals surface area (Å²) in [4.78, 5) is 25.4. The molecule has 8 nitrogen and oxygen atoms in total. The van der Waals surface area contributed by atoms with Crippen LogP contribution in [-0.4, -0.2) is 50.3 Å². The number of amides is 1. The summed E-state index contributed by atoms with van der Waals surface area (Å²) in [5.74, 6) is 1.12. The Bertz CT molecular complexity index is 594. The summed E-state index contributed by atoms with van der Waals surface area (Å²) in [5.41, 5.74) is 0.893. The van der Waals surface area contributed by atoms with Crippen molar-refractivity contribution in [2.45, 2.75) is 49.3 Å². The summed E-state index contributed by atoms with van der Waals surface area (Å²) >= 11 is 1.52. The predicted molar refractivity (Wildman–Crippen MR) is 89.3 cm³/mol. The second kappa shape index (κ2) is 8.86. The van der Waals surface area contributed by atoms with E-state index in [1.54, 1.807) is 0 Å². The first kappa shape index (κ1) is 18.5. The van der Waals surface area contributed by atoms with E-state index < -0.39 is 6.16 Å². The molecular weight excluding hydrogens is 334 g/mol. The predicted octanol–water partition coefficient (Wildman–Crippen LogP) is 1.74. The number of aromatic nitrogens is 1. The number of thioether (sulfide) groups is 1. The average molecular weight is 355 g/mol. The van der Waals surface area contributed by atoms with E-state index in [4.69, 9.17) is 15.0 Å². The number of aliphatic hydroxyl groups is 1. The van der Waals surface area contributed by atoms with Crippen LogP contribution in [0.3, 0.4) is 0 Å². The lowest BCUT2D eigenvalue weighted by atomic mass is 9.92. The molecule has 5 N–H and O–H groups in total. The second-order valence-electron chi connectivity index (χ2n) is 5.61. The molecule has 1 amide bonds. The fourth-order valence-corrected chi connectivity index (χ4v) is 3.44. The van der Waals surface area contributed by atoms with Crippen LogP contribution < -0.4 is 10.6 Å². The third kappa shape index (κ3) is 5.66. The largest absolute Gasteiger partial charge is 0.503 e. The van der Waals surface area contributed by atoms with Crippen LogP contribution in [0.25, 0.3) is 0 Å². The maximum atomic E-state index is 11.4. The summed E-state index contributed by atoms with van der Waals surface area (Å²) in [6.45, 7) is 0.621. The van der Waals surface area contributed by atoms with E-state index in [9.17, 15) is 9.90 Å². The van der Waals surface area contributed by atoms with Gasteiger partial charge >= 0.3 is 6.16 Å². The van der Waals surface area contributed by atoms with Gasteiger partial charge in [0.05, 0.1) is 22.4 Å². The van der Waals surface area contributed by atoms with Crippen molar-refractivity contribution in [2.24, 2.45) is 0 Å². The molecule has 2 atom stereocenters. The highest BCUT2D eigenvalue weighted by atomic mass is 32.2. The molecule has 0 bridgehead atoms. The maximum absolute atomic E-state index is 11.4. The van der Waals surface area contributed by atoms with E-state index in [1.165, 1.54) is 18.2 Å². The molecule has 0 saturated heterocycles. The second-order valence-corrected chi connectivity index (χ2v) is 6.63. The molecule has 2 aliphatic rings. The molecule has 0 radical (unpaired) electrons. The number of carbonyl (C=O) groups is 2. The van der Waals surface area contributed by atoms with Gasteiger partial charge in [-0.1, -0.05) is 12.8 Å². The Balaban J connectivity index is 0.000000471. The molecule has 24 heavy (non-hydrogen) atoms. The van der Waals surface area contributed by atoms with Crippen molar-refractivity contribution in [1.82, 2.24) is 10.3 Å². The molecule has 0 aromatic carbocycles. The van der Waals surface area contributed by atoms with Crippen LogP contribution >= 0.6 is 11.8 Å². The molecule has 1 saturated carbocycles. The lowest BCUT2D eigenvalue weighted by Gasteiger charge is -2.28. The van der Waals surface area contributed by atoms with Crippen molar-refractivity contribution in [3.63, 3.8) is 0 Å². The van der Waals surface area contributed by atoms with E-state index in [1.807, 2.05) is 12.1 Å². The van der Waals surface area contributed by atoms with E-state index in [0.29, 0.717) is 18.1 Å². The van der Waals surface area contributed by atoms with Crippen molar-refractivity contribution in [1.29, 1.82) is 0 Å². The van der Waals surface area contributed by atoms with Gasteiger partial charge in [0.2, 0.25) is 5.91 Å². The highest BCUT2D eigenvalue weighted by Gasteiger charge is 2.22. The van der Waals surface area contributed by atoms with E-state index >= 15 is 0 Å². The molecule has 132 valence electrons. The molecule has 1 aliphatic carbocycles. The summed E-state index contributed by atoms with van der Waals surface area (Å²) in [7, 11) is 0. The normalized spacial score (nSPS) is 22.6. The monoisotopic (exact) mass is 355 g/mol. The van der Waals surface area contributed by atoms with Gasteiger partial charge in [0.1, 0.15) is 5.82 Å². The number of hydrogen-bond donors (Lipinski definition) is 5. The van der Waals surface area contributed by atoms with Gasteiger partial charge in [-0.15, -0.1) is 11.8 Å². The van der Waals surface area contributed by atoms with Gasteiger partial charge in [-0.2, -0.15) is 0 Å². The average Bonchev–Trinajstić information content (AvgIpc) is 2.53. The zero-order valence-corrected chi connectivity index (χ0v) is 13.9. The molecule has 1 aliphatic heterocycles. The van der Waals surface area contributed by atoms with Gasteiger partial charge in [0.25, 0.3) is 0 Å². The Labute approximate surface area is 143 Å². The summed E-state index contributed by atoms with van der Waals surface area (Å²) in [6.07, 6.45) is 2.08. The smallest absolute Gasteiger partial charge is 0.450 e. The van der Waals surface area contributed by atoms with E-state index in [-0.39, 0.29) is 18.1 Å². The Kier molecular flexibility index (Phi) is 6.83. The van der Waals surface area contributed by atoms with E-state index in [0.717, 1.165) is 29.9 Å². The van der Waals surface area contributed by atoms with Crippen molar-refractivity contribution in [2.75, 3.05) is 11.1 Å². The SMILES string of the molecule is O=C(O)O.O=C1CSc2ccc(CN[C@H]3CCCC[C@H]3O)nc2N1. The maximum Gasteiger partial charge on any atom is 0.503 e. The minimum absolute atomic E-state index is 0.00260. The Morgan fingerprint density at radius 1 is 1.33 bits per heavy atom. The number of aliphatic hydroxyl groups excluding tert-OH is 1. The number of rotatable bonds is 3. The number of carboxylic acid groups (broad SMARTS) is 2. The van der Waals surface area contributed by atoms with Gasteiger partial charge in [-0.25, -0.2) is 9.78 Å². The molecule has 9 heteroatoms. The van der Waals surface area contributed by atoms with Crippen LogP contribution in [-0.2, 0) is 11.3 Å². The van der Waals surface area contributed by atoms with Crippen molar-refractivity contribution < 1.29 is 24.9 Å². The molecule has 1 fully saturated rings. The Morgan fingerprint density at radius 2 is 2.04 bits per heavy atom. The molecule has 0 unspecified atom stereocenters. The first-order chi connectivity index (χ1) is 11.5. The zero-order chi connectivity index (χ0) is 17.5. The van der Waals surface area contributed by atoms with Gasteiger partial charge in [0.15, 0.2) is 0 Å². The standard InChI is InChI=1S/C14H19N3O2S.CH2O3/c18-11-4-2-1-3-10(11)15-7-9-5-6-12-14(16-9)17-13(19)8-20-12;2-1(3)4/h5-6,10-11,15,18H,1-4,7-8H2,(H,16,17,19);(H2,2,3,4)/t10-,11+;/m0./s1. The Morgan fingerprint density at radius 3 is 2.75 bits per heavy atom. The number of nitrogens with one attached hydrogen (secondary N) is 2. The number of hydrogen-bond acceptors (Lipinski definition) is 6. The van der Waals surface area contributed by atoms with Gasteiger partial charge in [0, 0.05) is 12.6 Å². The molecule has 0 spiro atoms. The summed E-state index contributed by atoms with van der Waals surface area (Å²) in [5, 5.41) is 30.0. The van der Waals surface area contributed by atoms with Gasteiger partial charge in [-0.3, -0.25) is 4.79 Å². The van der Waals surface area contributed by atoms with E-state index in [2.05, 4.69) is 15.6 Å². The van der Waals surface area contributed by atoms with Crippen LogP contribution in [0, 0.1) is 0 Å². The van der Waals surface area contributed by atoms with Crippen molar-refractivity contribution >= 4 is 29.6 Å². The summed E-state index contributed by atoms with van der Waals surface area (Å²) in [6, 6.07) is 4.14. The number of carbonyl (C=O) groups excluding carboxylic acids is 1. The number of fused-ring (bicyclic) bond motifs is 1. The van der Waals surface area contributed by atoms with Gasteiger partial charge in [-0.05, 0) is 25.0 Å². The lowest BCUT2D eigenvalue weighted by Crippen LogP contribution is -2.41. The van der Waals surface area contributed by atoms with Crippen molar-refractivity contribution in [3.8, 4) is 0 Å². The van der Waals surface area contributed by atoms with Crippen LogP contribution in [0.2, 0.25) is 0 Å². The third-order valence-corrected chi connectivity index (χ3v) is 4.85. The molecular formula is C15H21N3O5S.